The number of rotatable bonds is 3. The van der Waals surface area contributed by atoms with Crippen LogP contribution in [-0.2, 0) is 14.9 Å². The molecule has 1 aromatic carbocycles. The number of aromatic hydroxyl groups is 1. The summed E-state index contributed by atoms with van der Waals surface area (Å²) in [5.74, 6) is 0.376. The summed E-state index contributed by atoms with van der Waals surface area (Å²) >= 11 is 0. The van der Waals surface area contributed by atoms with Crippen molar-refractivity contribution in [2.45, 2.75) is 37.9 Å². The monoisotopic (exact) mass is 277 g/mol. The highest BCUT2D eigenvalue weighted by molar-refractivity contribution is 5.39. The van der Waals surface area contributed by atoms with E-state index in [1.807, 2.05) is 19.1 Å². The first kappa shape index (κ1) is 13.9. The van der Waals surface area contributed by atoms with Gasteiger partial charge in [0.05, 0.1) is 13.2 Å². The highest BCUT2D eigenvalue weighted by atomic mass is 16.7. The van der Waals surface area contributed by atoms with Gasteiger partial charge < -0.3 is 19.9 Å². The molecule has 110 valence electrons. The van der Waals surface area contributed by atoms with Gasteiger partial charge in [-0.2, -0.15) is 0 Å². The van der Waals surface area contributed by atoms with Crippen molar-refractivity contribution in [2.75, 3.05) is 26.3 Å². The molecular formula is C16H23NO3. The van der Waals surface area contributed by atoms with Gasteiger partial charge in [0.15, 0.2) is 6.29 Å². The van der Waals surface area contributed by atoms with Gasteiger partial charge in [-0.3, -0.25) is 0 Å². The standard InChI is InChI=1S/C16H23NO3/c1-12-3-4-13(9-14(12)18)16(5-2-6-17-11-16)10-15-19-7-8-20-15/h3-4,9,15,17-18H,2,5-8,10-11H2,1H3/t16-/m1/s1. The van der Waals surface area contributed by atoms with Gasteiger partial charge in [-0.1, -0.05) is 12.1 Å². The van der Waals surface area contributed by atoms with Gasteiger partial charge in [-0.05, 0) is 43.5 Å². The molecule has 0 aromatic heterocycles. The lowest BCUT2D eigenvalue weighted by molar-refractivity contribution is -0.0640. The van der Waals surface area contributed by atoms with E-state index in [2.05, 4.69) is 11.4 Å². The zero-order chi connectivity index (χ0) is 14.0. The second kappa shape index (κ2) is 5.72. The van der Waals surface area contributed by atoms with E-state index in [0.717, 1.165) is 37.9 Å². The Bertz CT molecular complexity index is 463. The maximum atomic E-state index is 10.0. The Hall–Kier alpha value is -1.10. The van der Waals surface area contributed by atoms with E-state index < -0.39 is 0 Å². The Morgan fingerprint density at radius 2 is 2.15 bits per heavy atom. The van der Waals surface area contributed by atoms with Crippen LogP contribution in [-0.4, -0.2) is 37.7 Å². The fourth-order valence-electron chi connectivity index (χ4n) is 3.29. The van der Waals surface area contributed by atoms with E-state index in [1.54, 1.807) is 0 Å². The van der Waals surface area contributed by atoms with Crippen LogP contribution in [0.5, 0.6) is 5.75 Å². The van der Waals surface area contributed by atoms with E-state index in [0.29, 0.717) is 19.0 Å². The van der Waals surface area contributed by atoms with Crippen molar-refractivity contribution < 1.29 is 14.6 Å². The number of hydrogen-bond donors (Lipinski definition) is 2. The van der Waals surface area contributed by atoms with Gasteiger partial charge in [0, 0.05) is 18.4 Å². The molecule has 0 bridgehead atoms. The van der Waals surface area contributed by atoms with Crippen LogP contribution in [0, 0.1) is 6.92 Å². The Labute approximate surface area is 120 Å². The first-order valence-electron chi connectivity index (χ1n) is 7.44. The van der Waals surface area contributed by atoms with Gasteiger partial charge in [-0.25, -0.2) is 0 Å². The summed E-state index contributed by atoms with van der Waals surface area (Å²) in [5.41, 5.74) is 2.10. The molecule has 0 radical (unpaired) electrons. The van der Waals surface area contributed by atoms with Crippen molar-refractivity contribution in [1.29, 1.82) is 0 Å². The topological polar surface area (TPSA) is 50.7 Å². The molecule has 4 heteroatoms. The number of benzene rings is 1. The quantitative estimate of drug-likeness (QED) is 0.888. The van der Waals surface area contributed by atoms with Gasteiger partial charge in [-0.15, -0.1) is 0 Å². The summed E-state index contributed by atoms with van der Waals surface area (Å²) in [6, 6.07) is 6.05. The molecule has 4 nitrogen and oxygen atoms in total. The molecule has 0 spiro atoms. The summed E-state index contributed by atoms with van der Waals surface area (Å²) in [7, 11) is 0. The molecule has 0 saturated carbocycles. The van der Waals surface area contributed by atoms with Crippen LogP contribution >= 0.6 is 0 Å². The van der Waals surface area contributed by atoms with E-state index in [-0.39, 0.29) is 11.7 Å². The normalized spacial score (nSPS) is 27.9. The predicted octanol–water partition coefficient (Wildman–Crippen LogP) is 2.08. The second-order valence-electron chi connectivity index (χ2n) is 5.94. The van der Waals surface area contributed by atoms with E-state index >= 15 is 0 Å². The molecule has 2 fully saturated rings. The summed E-state index contributed by atoms with van der Waals surface area (Å²) in [4.78, 5) is 0. The average Bonchev–Trinajstić information content (AvgIpc) is 2.95. The number of piperidine rings is 1. The molecule has 20 heavy (non-hydrogen) atoms. The lowest BCUT2D eigenvalue weighted by Gasteiger charge is -2.39. The average molecular weight is 277 g/mol. The number of nitrogens with one attached hydrogen (secondary N) is 1. The van der Waals surface area contributed by atoms with E-state index in [9.17, 15) is 5.11 Å². The van der Waals surface area contributed by atoms with Crippen LogP contribution < -0.4 is 5.32 Å². The largest absolute Gasteiger partial charge is 0.508 e. The molecule has 2 saturated heterocycles. The van der Waals surface area contributed by atoms with Crippen LogP contribution in [0.2, 0.25) is 0 Å². The minimum absolute atomic E-state index is 0.00155. The number of ether oxygens (including phenoxy) is 2. The van der Waals surface area contributed by atoms with Crippen molar-refractivity contribution in [2.24, 2.45) is 0 Å². The molecular weight excluding hydrogens is 254 g/mol. The fraction of sp³-hybridized carbons (Fsp3) is 0.625. The van der Waals surface area contributed by atoms with E-state index in [4.69, 9.17) is 9.47 Å². The molecule has 2 aliphatic heterocycles. The SMILES string of the molecule is Cc1ccc([C@@]2(CC3OCCO3)CCCNC2)cc1O. The highest BCUT2D eigenvalue weighted by Crippen LogP contribution is 2.39. The zero-order valence-electron chi connectivity index (χ0n) is 12.0. The van der Waals surface area contributed by atoms with Gasteiger partial charge in [0.2, 0.25) is 0 Å². The summed E-state index contributed by atoms with van der Waals surface area (Å²) in [6.07, 6.45) is 2.98. The Balaban J connectivity index is 1.89. The van der Waals surface area contributed by atoms with Gasteiger partial charge in [0.1, 0.15) is 5.75 Å². The summed E-state index contributed by atoms with van der Waals surface area (Å²) in [6.45, 7) is 5.28. The molecule has 0 unspecified atom stereocenters. The lowest BCUT2D eigenvalue weighted by atomic mass is 9.72. The Morgan fingerprint density at radius 1 is 1.35 bits per heavy atom. The number of aryl methyl sites for hydroxylation is 1. The maximum absolute atomic E-state index is 10.0. The fourth-order valence-corrected chi connectivity index (χ4v) is 3.29. The van der Waals surface area contributed by atoms with E-state index in [1.165, 1.54) is 5.56 Å². The van der Waals surface area contributed by atoms with Crippen LogP contribution in [0.4, 0.5) is 0 Å². The molecule has 1 atom stereocenters. The van der Waals surface area contributed by atoms with Crippen LogP contribution in [0.25, 0.3) is 0 Å². The second-order valence-corrected chi connectivity index (χ2v) is 5.94. The predicted molar refractivity (Wildman–Crippen MR) is 76.9 cm³/mol. The van der Waals surface area contributed by atoms with Crippen molar-refractivity contribution in [1.82, 2.24) is 5.32 Å². The Kier molecular flexibility index (Phi) is 3.96. The van der Waals surface area contributed by atoms with Crippen LogP contribution in [0.1, 0.15) is 30.4 Å². The van der Waals surface area contributed by atoms with Crippen molar-refractivity contribution in [3.05, 3.63) is 29.3 Å². The molecule has 1 aromatic rings. The maximum Gasteiger partial charge on any atom is 0.158 e. The van der Waals surface area contributed by atoms with Crippen LogP contribution in [0.15, 0.2) is 18.2 Å². The molecule has 2 aliphatic rings. The minimum atomic E-state index is -0.113. The van der Waals surface area contributed by atoms with Crippen molar-refractivity contribution in [3.63, 3.8) is 0 Å². The third-order valence-electron chi connectivity index (χ3n) is 4.54. The highest BCUT2D eigenvalue weighted by Gasteiger charge is 2.38. The number of phenolic OH excluding ortho intramolecular Hbond substituents is 1. The van der Waals surface area contributed by atoms with Gasteiger partial charge >= 0.3 is 0 Å². The van der Waals surface area contributed by atoms with Crippen molar-refractivity contribution in [3.8, 4) is 5.75 Å². The Morgan fingerprint density at radius 3 is 2.80 bits per heavy atom. The molecule has 0 aliphatic carbocycles. The zero-order valence-corrected chi connectivity index (χ0v) is 12.0. The summed E-state index contributed by atoms with van der Waals surface area (Å²) < 4.78 is 11.3. The number of hydrogen-bond acceptors (Lipinski definition) is 4. The molecule has 2 N–H and O–H groups in total. The first-order valence-corrected chi connectivity index (χ1v) is 7.44. The number of phenols is 1. The lowest BCUT2D eigenvalue weighted by Crippen LogP contribution is -2.45. The third kappa shape index (κ3) is 2.68. The molecule has 2 heterocycles. The molecule has 3 rings (SSSR count). The van der Waals surface area contributed by atoms with Gasteiger partial charge in [0.25, 0.3) is 0 Å². The summed E-state index contributed by atoms with van der Waals surface area (Å²) in [5, 5.41) is 13.5. The third-order valence-corrected chi connectivity index (χ3v) is 4.54. The molecule has 0 amide bonds. The first-order chi connectivity index (χ1) is 9.70. The van der Waals surface area contributed by atoms with Crippen LogP contribution in [0.3, 0.4) is 0 Å². The minimum Gasteiger partial charge on any atom is -0.508 e. The van der Waals surface area contributed by atoms with Crippen molar-refractivity contribution >= 4 is 0 Å². The smallest absolute Gasteiger partial charge is 0.158 e.